The molecular weight excluding hydrogens is 749 g/mol. The zero-order valence-electron chi connectivity index (χ0n) is 31.0. The minimum atomic E-state index is -1.93. The minimum absolute atomic E-state index is 0.0752. The number of ether oxygens (including phenoxy) is 1. The molecule has 1 aromatic rings. The van der Waals surface area contributed by atoms with Crippen LogP contribution in [0.3, 0.4) is 0 Å². The zero-order chi connectivity index (χ0) is 40.8. The first-order chi connectivity index (χ1) is 25.6. The molecule has 0 aromatic heterocycles. The van der Waals surface area contributed by atoms with Crippen molar-refractivity contribution in [1.82, 2.24) is 4.90 Å². The molecule has 16 N–H and O–H groups in total. The smallest absolute Gasteiger partial charge is 0.205 e. The maximum absolute atomic E-state index is 12.9. The highest BCUT2D eigenvalue weighted by Gasteiger charge is 2.34. The molecular formula is C35H64N4O13S2. The lowest BCUT2D eigenvalue weighted by Gasteiger charge is -2.33. The number of hydrogen-bond donors (Lipinski definition) is 13. The van der Waals surface area contributed by atoms with Crippen molar-refractivity contribution < 1.29 is 65.4 Å². The Balaban J connectivity index is 3.17. The van der Waals surface area contributed by atoms with Crippen LogP contribution in [0.5, 0.6) is 5.75 Å². The van der Waals surface area contributed by atoms with Gasteiger partial charge in [0.15, 0.2) is 0 Å². The van der Waals surface area contributed by atoms with Crippen molar-refractivity contribution >= 4 is 33.8 Å². The molecule has 0 radical (unpaired) electrons. The van der Waals surface area contributed by atoms with Gasteiger partial charge in [0, 0.05) is 31.1 Å². The van der Waals surface area contributed by atoms with Crippen LogP contribution in [0.2, 0.25) is 0 Å². The average molecular weight is 813 g/mol. The third-order valence-electron chi connectivity index (χ3n) is 8.83. The van der Waals surface area contributed by atoms with Crippen LogP contribution in [0.15, 0.2) is 18.2 Å². The summed E-state index contributed by atoms with van der Waals surface area (Å²) < 4.78 is 5.96. The van der Waals surface area contributed by atoms with E-state index in [4.69, 9.17) is 32.2 Å². The van der Waals surface area contributed by atoms with Gasteiger partial charge in [0.2, 0.25) is 10.2 Å². The van der Waals surface area contributed by atoms with E-state index < -0.39 is 87.2 Å². The topological polar surface area (TPSA) is 327 Å². The van der Waals surface area contributed by atoms with Crippen molar-refractivity contribution in [3.8, 4) is 5.75 Å². The Kier molecular flexibility index (Phi) is 26.2. The fourth-order valence-corrected chi connectivity index (χ4v) is 7.07. The summed E-state index contributed by atoms with van der Waals surface area (Å²) >= 11 is 2.14. The summed E-state index contributed by atoms with van der Waals surface area (Å²) in [6, 6.07) is 3.87. The van der Waals surface area contributed by atoms with Crippen LogP contribution in [-0.2, 0) is 21.1 Å². The molecule has 19 heteroatoms. The Labute approximate surface area is 325 Å². The Morgan fingerprint density at radius 2 is 1.17 bits per heavy atom. The SMILES string of the molecule is CCCCC[C@H](N)C(=O)SCc1cc(OCCN(C[C@H](O)[C@@H](O)[C@H](O)[C@H](O)CO)C[C@H](O)[C@@H](O)[C@H](O)[C@H](O)CO)ccc1CSC(=O)[C@@H](N)CCCCN. The van der Waals surface area contributed by atoms with Gasteiger partial charge in [0.1, 0.15) is 49.0 Å². The number of thioether (sulfide) groups is 2. The molecule has 0 fully saturated rings. The summed E-state index contributed by atoms with van der Waals surface area (Å²) in [5.41, 5.74) is 19.3. The maximum atomic E-state index is 12.9. The minimum Gasteiger partial charge on any atom is -0.492 e. The Hall–Kier alpha value is -1.50. The lowest BCUT2D eigenvalue weighted by molar-refractivity contribution is -0.130. The van der Waals surface area contributed by atoms with Crippen LogP contribution in [0.1, 0.15) is 63.0 Å². The van der Waals surface area contributed by atoms with Crippen molar-refractivity contribution in [1.29, 1.82) is 0 Å². The summed E-state index contributed by atoms with van der Waals surface area (Å²) in [7, 11) is 0. The monoisotopic (exact) mass is 812 g/mol. The Bertz CT molecular complexity index is 1170. The van der Waals surface area contributed by atoms with Crippen molar-refractivity contribution in [2.75, 3.05) is 46.0 Å². The highest BCUT2D eigenvalue weighted by molar-refractivity contribution is 8.13. The first kappa shape index (κ1) is 50.5. The van der Waals surface area contributed by atoms with Gasteiger partial charge in [-0.05, 0) is 49.1 Å². The van der Waals surface area contributed by atoms with Crippen molar-refractivity contribution in [2.45, 2.75) is 124 Å². The molecule has 314 valence electrons. The second kappa shape index (κ2) is 28.0. The van der Waals surface area contributed by atoms with Crippen LogP contribution in [0, 0.1) is 0 Å². The molecule has 0 spiro atoms. The van der Waals surface area contributed by atoms with Gasteiger partial charge in [0.05, 0.1) is 37.5 Å². The number of carbonyl (C=O) groups excluding carboxylic acids is 2. The predicted octanol–water partition coefficient (Wildman–Crippen LogP) is -2.88. The normalized spacial score (nSPS) is 17.6. The first-order valence-electron chi connectivity index (χ1n) is 18.3. The quantitative estimate of drug-likeness (QED) is 0.0347. The summed E-state index contributed by atoms with van der Waals surface area (Å²) in [6.07, 6.45) is -9.31. The van der Waals surface area contributed by atoms with Crippen LogP contribution in [0.25, 0.3) is 0 Å². The number of rotatable bonds is 30. The number of carbonyl (C=O) groups is 2. The second-order valence-electron chi connectivity index (χ2n) is 13.3. The first-order valence-corrected chi connectivity index (χ1v) is 20.3. The molecule has 0 aliphatic rings. The third kappa shape index (κ3) is 18.6. The molecule has 0 saturated carbocycles. The van der Waals surface area contributed by atoms with E-state index in [1.165, 1.54) is 4.90 Å². The molecule has 0 saturated heterocycles. The van der Waals surface area contributed by atoms with Crippen LogP contribution in [0.4, 0.5) is 0 Å². The second-order valence-corrected chi connectivity index (χ2v) is 15.3. The van der Waals surface area contributed by atoms with Crippen LogP contribution in [-0.4, -0.2) is 173 Å². The molecule has 0 aliphatic carbocycles. The molecule has 0 aliphatic heterocycles. The van der Waals surface area contributed by atoms with E-state index >= 15 is 0 Å². The number of unbranched alkanes of at least 4 members (excludes halogenated alkanes) is 3. The van der Waals surface area contributed by atoms with E-state index in [2.05, 4.69) is 6.92 Å². The molecule has 1 rings (SSSR count). The Morgan fingerprint density at radius 3 is 1.63 bits per heavy atom. The molecule has 0 unspecified atom stereocenters. The van der Waals surface area contributed by atoms with Crippen molar-refractivity contribution in [3.05, 3.63) is 29.3 Å². The van der Waals surface area contributed by atoms with Gasteiger partial charge in [0.25, 0.3) is 0 Å². The summed E-state index contributed by atoms with van der Waals surface area (Å²) in [6.45, 7) is -0.303. The van der Waals surface area contributed by atoms with Gasteiger partial charge >= 0.3 is 0 Å². The van der Waals surface area contributed by atoms with Gasteiger partial charge in [-0.15, -0.1) is 0 Å². The van der Waals surface area contributed by atoms with E-state index in [1.807, 2.05) is 0 Å². The largest absolute Gasteiger partial charge is 0.492 e. The van der Waals surface area contributed by atoms with Gasteiger partial charge in [-0.2, -0.15) is 0 Å². The fraction of sp³-hybridized carbons (Fsp3) is 0.771. The number of nitrogens with zero attached hydrogens (tertiary/aromatic N) is 1. The predicted molar refractivity (Wildman–Crippen MR) is 206 cm³/mol. The van der Waals surface area contributed by atoms with E-state index in [-0.39, 0.29) is 34.9 Å². The molecule has 1 aromatic carbocycles. The highest BCUT2D eigenvalue weighted by Crippen LogP contribution is 2.28. The van der Waals surface area contributed by atoms with Gasteiger partial charge in [-0.3, -0.25) is 14.5 Å². The summed E-state index contributed by atoms with van der Waals surface area (Å²) in [5.74, 6) is 0.903. The average Bonchev–Trinajstić information content (AvgIpc) is 3.17. The lowest BCUT2D eigenvalue weighted by atomic mass is 10.0. The van der Waals surface area contributed by atoms with E-state index in [0.717, 1.165) is 61.2 Å². The van der Waals surface area contributed by atoms with E-state index in [1.54, 1.807) is 18.2 Å². The number of aliphatic hydroxyl groups excluding tert-OH is 10. The maximum Gasteiger partial charge on any atom is 0.205 e. The van der Waals surface area contributed by atoms with Gasteiger partial charge in [-0.1, -0.05) is 62.2 Å². The van der Waals surface area contributed by atoms with Gasteiger partial charge < -0.3 is 73.0 Å². The van der Waals surface area contributed by atoms with Crippen LogP contribution < -0.4 is 21.9 Å². The van der Waals surface area contributed by atoms with E-state index in [0.29, 0.717) is 30.7 Å². The number of nitrogens with two attached hydrogens (primary N) is 3. The molecule has 17 nitrogen and oxygen atoms in total. The number of aliphatic hydroxyl groups is 10. The summed E-state index contributed by atoms with van der Waals surface area (Å²) in [5, 5.41) is 99.4. The molecule has 0 heterocycles. The summed E-state index contributed by atoms with van der Waals surface area (Å²) in [4.78, 5) is 26.9. The highest BCUT2D eigenvalue weighted by atomic mass is 32.2. The molecule has 10 atom stereocenters. The van der Waals surface area contributed by atoms with Crippen molar-refractivity contribution in [3.63, 3.8) is 0 Å². The molecule has 0 bridgehead atoms. The number of benzene rings is 1. The molecule has 54 heavy (non-hydrogen) atoms. The fourth-order valence-electron chi connectivity index (χ4n) is 5.26. The number of hydrogen-bond acceptors (Lipinski definition) is 19. The zero-order valence-corrected chi connectivity index (χ0v) is 32.6. The van der Waals surface area contributed by atoms with Gasteiger partial charge in [-0.25, -0.2) is 0 Å². The van der Waals surface area contributed by atoms with Crippen LogP contribution >= 0.6 is 23.5 Å². The Morgan fingerprint density at radius 1 is 0.704 bits per heavy atom. The third-order valence-corrected chi connectivity index (χ3v) is 10.9. The lowest BCUT2D eigenvalue weighted by Crippen LogP contribution is -2.53. The van der Waals surface area contributed by atoms with Crippen molar-refractivity contribution in [2.24, 2.45) is 17.2 Å². The molecule has 0 amide bonds. The standard InChI is InChI=1S/C35H64N4O13S2/c1-2-3-4-7-24(37)35(51)54-20-22-14-23(10-9-21(22)19-53-34(50)25(38)8-5-6-11-36)52-13-12-39(15-26(42)30(46)32(48)28(44)17-40)16-27(43)31(47)33(49)29(45)18-41/h9-10,14,24-33,40-49H,2-8,11-13,15-20,36-38H2,1H3/t24-,25-,26-,27-,28+,29+,30+,31+,32+,33+/m0/s1. The van der Waals surface area contributed by atoms with E-state index in [9.17, 15) is 50.4 Å².